The molecule has 0 bridgehead atoms. The molecule has 11 nitrogen and oxygen atoms in total. The summed E-state index contributed by atoms with van der Waals surface area (Å²) >= 11 is 0. The maximum atomic E-state index is 13.4. The molecule has 0 aromatic heterocycles. The van der Waals surface area contributed by atoms with E-state index >= 15 is 0 Å². The summed E-state index contributed by atoms with van der Waals surface area (Å²) in [7, 11) is -8.39. The highest BCUT2D eigenvalue weighted by atomic mass is 32.2. The van der Waals surface area contributed by atoms with Crippen LogP contribution in [0.2, 0.25) is 0 Å². The molecule has 2 saturated heterocycles. The highest BCUT2D eigenvalue weighted by Gasteiger charge is 2.40. The van der Waals surface area contributed by atoms with Crippen LogP contribution in [-0.2, 0) is 36.0 Å². The van der Waals surface area contributed by atoms with Crippen LogP contribution >= 0.6 is 0 Å². The van der Waals surface area contributed by atoms with Crippen molar-refractivity contribution in [1.82, 2.24) is 18.6 Å². The molecular weight excluding hydrogens is 515 g/mol. The fourth-order valence-corrected chi connectivity index (χ4v) is 7.07. The van der Waals surface area contributed by atoms with Crippen LogP contribution in [-0.4, -0.2) is 76.1 Å². The molecule has 2 heterocycles. The summed E-state index contributed by atoms with van der Waals surface area (Å²) in [5, 5.41) is 0. The highest BCUT2D eigenvalue weighted by Crippen LogP contribution is 2.34. The molecule has 3 rings (SSSR count). The van der Waals surface area contributed by atoms with Crippen LogP contribution in [0, 0.1) is 0 Å². The monoisotopic (exact) mass is 541 g/mol. The lowest BCUT2D eigenvalue weighted by Crippen LogP contribution is -2.53. The van der Waals surface area contributed by atoms with Crippen molar-refractivity contribution in [2.45, 2.75) is 48.8 Å². The number of hydrogen-bond donors (Lipinski definition) is 3. The minimum atomic E-state index is -4.95. The highest BCUT2D eigenvalue weighted by molar-refractivity contribution is 7.89. The fraction of sp³-hybridized carbons (Fsp3) is 0.579. The molecule has 0 saturated carbocycles. The van der Waals surface area contributed by atoms with Crippen molar-refractivity contribution >= 4 is 32.0 Å². The van der Waals surface area contributed by atoms with Crippen LogP contribution in [0.3, 0.4) is 0 Å². The molecule has 196 valence electrons. The van der Waals surface area contributed by atoms with Gasteiger partial charge in [0.1, 0.15) is 6.04 Å². The number of amides is 2. The third-order valence-corrected chi connectivity index (χ3v) is 9.06. The van der Waals surface area contributed by atoms with Gasteiger partial charge < -0.3 is 10.6 Å². The molecule has 1 aromatic carbocycles. The minimum Gasteiger partial charge on any atom is -0.370 e. The number of likely N-dealkylation sites (tertiary alicyclic amines) is 1. The van der Waals surface area contributed by atoms with Gasteiger partial charge in [-0.3, -0.25) is 9.59 Å². The number of sulfonamides is 1. The number of carbonyl (C=O) groups is 2. The van der Waals surface area contributed by atoms with E-state index in [9.17, 15) is 39.6 Å². The van der Waals surface area contributed by atoms with Gasteiger partial charge in [-0.25, -0.2) is 13.1 Å². The number of primary amides is 1. The zero-order valence-corrected chi connectivity index (χ0v) is 20.1. The average Bonchev–Trinajstić information content (AvgIpc) is 3.14. The lowest BCUT2D eigenvalue weighted by atomic mass is 10.0. The van der Waals surface area contributed by atoms with Gasteiger partial charge in [-0.1, -0.05) is 12.1 Å². The van der Waals surface area contributed by atoms with Crippen molar-refractivity contribution in [2.75, 3.05) is 26.2 Å². The Bertz CT molecular complexity index is 1170. The van der Waals surface area contributed by atoms with Gasteiger partial charge in [-0.2, -0.15) is 30.6 Å². The summed E-state index contributed by atoms with van der Waals surface area (Å²) in [4.78, 5) is 24.7. The predicted octanol–water partition coefficient (Wildman–Crippen LogP) is -0.241. The lowest BCUT2D eigenvalue weighted by Gasteiger charge is -2.37. The second-order valence-electron chi connectivity index (χ2n) is 8.24. The van der Waals surface area contributed by atoms with E-state index in [4.69, 9.17) is 5.73 Å². The Balaban J connectivity index is 1.77. The maximum absolute atomic E-state index is 13.4. The normalized spacial score (nSPS) is 20.6. The van der Waals surface area contributed by atoms with Gasteiger partial charge in [-0.05, 0) is 31.4 Å². The van der Waals surface area contributed by atoms with Crippen LogP contribution in [0.25, 0.3) is 0 Å². The van der Waals surface area contributed by atoms with Crippen molar-refractivity contribution < 1.29 is 39.6 Å². The van der Waals surface area contributed by atoms with Crippen molar-refractivity contribution in [1.29, 1.82) is 0 Å². The number of halogens is 3. The molecule has 2 aliphatic rings. The largest absolute Gasteiger partial charge is 0.417 e. The summed E-state index contributed by atoms with van der Waals surface area (Å²) in [6, 6.07) is 1.66. The van der Waals surface area contributed by atoms with E-state index in [2.05, 4.69) is 4.72 Å². The Morgan fingerprint density at radius 2 is 1.80 bits per heavy atom. The first-order valence-electron chi connectivity index (χ1n) is 10.7. The zero-order chi connectivity index (χ0) is 26.0. The number of alkyl halides is 3. The van der Waals surface area contributed by atoms with Crippen LogP contribution in [0.5, 0.6) is 0 Å². The molecule has 16 heteroatoms. The minimum absolute atomic E-state index is 0.101. The number of nitrogens with zero attached hydrogens (tertiary/aromatic N) is 2. The van der Waals surface area contributed by atoms with Gasteiger partial charge in [0, 0.05) is 38.6 Å². The molecular formula is C19H26F3N5O6S2. The molecule has 0 radical (unpaired) electrons. The fourth-order valence-electron chi connectivity index (χ4n) is 4.17. The molecule has 2 amide bonds. The topological polar surface area (TPSA) is 159 Å². The van der Waals surface area contributed by atoms with Gasteiger partial charge in [0.2, 0.25) is 21.8 Å². The molecule has 0 aliphatic carbocycles. The van der Waals surface area contributed by atoms with E-state index in [0.29, 0.717) is 25.5 Å². The molecule has 4 N–H and O–H groups in total. The Kier molecular flexibility index (Phi) is 8.10. The number of rotatable bonds is 8. The van der Waals surface area contributed by atoms with Gasteiger partial charge in [0.25, 0.3) is 10.2 Å². The summed E-state index contributed by atoms with van der Waals surface area (Å²) < 4.78 is 95.6. The van der Waals surface area contributed by atoms with Crippen molar-refractivity contribution in [2.24, 2.45) is 5.73 Å². The van der Waals surface area contributed by atoms with E-state index in [-0.39, 0.29) is 38.5 Å². The van der Waals surface area contributed by atoms with Crippen molar-refractivity contribution in [3.05, 3.63) is 29.8 Å². The van der Waals surface area contributed by atoms with Crippen molar-refractivity contribution in [3.8, 4) is 0 Å². The lowest BCUT2D eigenvalue weighted by molar-refractivity contribution is -0.139. The van der Waals surface area contributed by atoms with Crippen LogP contribution in [0.15, 0.2) is 29.2 Å². The predicted molar refractivity (Wildman–Crippen MR) is 117 cm³/mol. The molecule has 0 spiro atoms. The Hall–Kier alpha value is -2.27. The number of benzene rings is 1. The number of piperidine rings is 1. The quantitative estimate of drug-likeness (QED) is 0.412. The summed E-state index contributed by atoms with van der Waals surface area (Å²) in [5.41, 5.74) is 3.74. The van der Waals surface area contributed by atoms with Gasteiger partial charge in [0.05, 0.1) is 10.5 Å². The van der Waals surface area contributed by atoms with Crippen LogP contribution in [0.4, 0.5) is 13.2 Å². The van der Waals surface area contributed by atoms with Gasteiger partial charge in [-0.15, -0.1) is 0 Å². The Labute approximate surface area is 201 Å². The number of hydrogen-bond acceptors (Lipinski definition) is 6. The standard InChI is InChI=1S/C19H26F3N5O6S2/c20-19(21,22)14-3-1-2-4-16(14)34(30,31)25-15(5-6-17(23)28)18(29)26-10-7-13(8-11-26)27-12-9-24-35(27,32)33/h1-4,13,15,24-25H,5-12H2,(H2,23,28). The van der Waals surface area contributed by atoms with Crippen LogP contribution < -0.4 is 15.2 Å². The molecule has 2 fully saturated rings. The molecule has 1 aromatic rings. The third-order valence-electron chi connectivity index (χ3n) is 5.87. The van der Waals surface area contributed by atoms with Gasteiger partial charge >= 0.3 is 6.18 Å². The molecule has 35 heavy (non-hydrogen) atoms. The van der Waals surface area contributed by atoms with E-state index in [1.807, 2.05) is 4.72 Å². The summed E-state index contributed by atoms with van der Waals surface area (Å²) in [6.45, 7) is 0.769. The summed E-state index contributed by atoms with van der Waals surface area (Å²) in [5.74, 6) is -1.55. The van der Waals surface area contributed by atoms with E-state index in [0.717, 1.165) is 18.2 Å². The summed E-state index contributed by atoms with van der Waals surface area (Å²) in [6.07, 6.45) is -5.11. The number of carbonyl (C=O) groups excluding carboxylic acids is 2. The van der Waals surface area contributed by atoms with Crippen LogP contribution in [0.1, 0.15) is 31.2 Å². The number of nitrogens with two attached hydrogens (primary N) is 1. The smallest absolute Gasteiger partial charge is 0.370 e. The number of nitrogens with one attached hydrogen (secondary N) is 2. The first kappa shape index (κ1) is 27.3. The van der Waals surface area contributed by atoms with E-state index in [1.165, 1.54) is 9.21 Å². The molecule has 2 aliphatic heterocycles. The van der Waals surface area contributed by atoms with Gasteiger partial charge in [0.15, 0.2) is 0 Å². The van der Waals surface area contributed by atoms with E-state index < -0.39 is 54.7 Å². The molecule has 1 atom stereocenters. The second kappa shape index (κ2) is 10.4. The first-order chi connectivity index (χ1) is 16.2. The Morgan fingerprint density at radius 3 is 2.34 bits per heavy atom. The second-order valence-corrected chi connectivity index (χ2v) is 11.6. The average molecular weight is 542 g/mol. The van der Waals surface area contributed by atoms with E-state index in [1.54, 1.807) is 0 Å². The Morgan fingerprint density at radius 1 is 1.17 bits per heavy atom. The SMILES string of the molecule is NC(=O)CCC(NS(=O)(=O)c1ccccc1C(F)(F)F)C(=O)N1CCC(N2CCNS2(=O)=O)CC1. The van der Waals surface area contributed by atoms with Crippen molar-refractivity contribution in [3.63, 3.8) is 0 Å². The zero-order valence-electron chi connectivity index (χ0n) is 18.5. The first-order valence-corrected chi connectivity index (χ1v) is 13.7. The maximum Gasteiger partial charge on any atom is 0.417 e. The third kappa shape index (κ3) is 6.49. The molecule has 1 unspecified atom stereocenters.